The van der Waals surface area contributed by atoms with Crippen molar-refractivity contribution in [3.63, 3.8) is 0 Å². The number of hydrogen-bond acceptors (Lipinski definition) is 6. The van der Waals surface area contributed by atoms with Gasteiger partial charge in [0.1, 0.15) is 11.6 Å². The monoisotopic (exact) mass is 438 g/mol. The zero-order chi connectivity index (χ0) is 21.8. The molecular formula is C23H23ClN4O3. The first-order chi connectivity index (χ1) is 15.0. The van der Waals surface area contributed by atoms with Crippen molar-refractivity contribution in [1.82, 2.24) is 9.80 Å². The minimum Gasteiger partial charge on any atom is -0.454 e. The molecule has 0 aliphatic carbocycles. The van der Waals surface area contributed by atoms with Gasteiger partial charge in [0.15, 0.2) is 11.5 Å². The van der Waals surface area contributed by atoms with E-state index in [0.29, 0.717) is 10.7 Å². The predicted octanol–water partition coefficient (Wildman–Crippen LogP) is 3.54. The second kappa shape index (κ2) is 9.29. The number of carbonyl (C=O) groups excluding carboxylic acids is 1. The Balaban J connectivity index is 1.33. The molecule has 4 rings (SSSR count). The summed E-state index contributed by atoms with van der Waals surface area (Å²) in [6, 6.07) is 13.3. The number of halogens is 1. The Morgan fingerprint density at radius 2 is 1.97 bits per heavy atom. The van der Waals surface area contributed by atoms with Crippen molar-refractivity contribution in [3.05, 3.63) is 64.3 Å². The van der Waals surface area contributed by atoms with E-state index < -0.39 is 5.91 Å². The SMILES string of the molecule is Cc1c(Cl)cccc1NC(=O)/C(C#N)=C\N1CCN(Cc2ccc3c(c2)OCO3)CC1. The van der Waals surface area contributed by atoms with Crippen molar-refractivity contribution in [3.8, 4) is 17.6 Å². The number of fused-ring (bicyclic) bond motifs is 1. The van der Waals surface area contributed by atoms with Crippen LogP contribution in [-0.2, 0) is 11.3 Å². The Hall–Kier alpha value is -3.21. The van der Waals surface area contributed by atoms with Crippen LogP contribution in [0.25, 0.3) is 0 Å². The molecular weight excluding hydrogens is 416 g/mol. The van der Waals surface area contributed by atoms with E-state index in [0.717, 1.165) is 49.8 Å². The molecule has 2 heterocycles. The molecule has 2 aromatic rings. The van der Waals surface area contributed by atoms with Gasteiger partial charge in [-0.25, -0.2) is 0 Å². The lowest BCUT2D eigenvalue weighted by atomic mass is 10.1. The molecule has 1 N–H and O–H groups in total. The van der Waals surface area contributed by atoms with Crippen molar-refractivity contribution >= 4 is 23.2 Å². The Morgan fingerprint density at radius 3 is 2.74 bits per heavy atom. The first kappa shape index (κ1) is 21.0. The molecule has 2 aliphatic heterocycles. The molecule has 0 spiro atoms. The fourth-order valence-corrected chi connectivity index (χ4v) is 3.78. The topological polar surface area (TPSA) is 77.8 Å². The third kappa shape index (κ3) is 4.93. The number of hydrogen-bond donors (Lipinski definition) is 1. The van der Waals surface area contributed by atoms with Crippen LogP contribution < -0.4 is 14.8 Å². The molecule has 2 aliphatic rings. The Labute approximate surface area is 186 Å². The van der Waals surface area contributed by atoms with Gasteiger partial charge in [0, 0.05) is 49.6 Å². The van der Waals surface area contributed by atoms with E-state index in [-0.39, 0.29) is 12.4 Å². The van der Waals surface area contributed by atoms with Gasteiger partial charge in [-0.05, 0) is 42.3 Å². The molecule has 0 unspecified atom stereocenters. The fourth-order valence-electron chi connectivity index (χ4n) is 3.60. The van der Waals surface area contributed by atoms with E-state index >= 15 is 0 Å². The number of anilines is 1. The lowest BCUT2D eigenvalue weighted by Gasteiger charge is -2.34. The average Bonchev–Trinajstić information content (AvgIpc) is 3.24. The van der Waals surface area contributed by atoms with Gasteiger partial charge in [-0.2, -0.15) is 5.26 Å². The number of nitriles is 1. The molecule has 0 bridgehead atoms. The highest BCUT2D eigenvalue weighted by Gasteiger charge is 2.19. The molecule has 1 saturated heterocycles. The molecule has 8 heteroatoms. The molecule has 1 fully saturated rings. The van der Waals surface area contributed by atoms with Gasteiger partial charge >= 0.3 is 0 Å². The van der Waals surface area contributed by atoms with Crippen LogP contribution in [0.1, 0.15) is 11.1 Å². The average molecular weight is 439 g/mol. The van der Waals surface area contributed by atoms with Gasteiger partial charge in [-0.3, -0.25) is 9.69 Å². The number of nitrogens with zero attached hydrogens (tertiary/aromatic N) is 3. The van der Waals surface area contributed by atoms with Gasteiger partial charge in [0.05, 0.1) is 0 Å². The quantitative estimate of drug-likeness (QED) is 0.568. The maximum atomic E-state index is 12.6. The van der Waals surface area contributed by atoms with Gasteiger partial charge in [-0.15, -0.1) is 0 Å². The summed E-state index contributed by atoms with van der Waals surface area (Å²) < 4.78 is 10.8. The zero-order valence-electron chi connectivity index (χ0n) is 17.2. The predicted molar refractivity (Wildman–Crippen MR) is 118 cm³/mol. The van der Waals surface area contributed by atoms with Crippen molar-refractivity contribution in [2.24, 2.45) is 0 Å². The molecule has 160 valence electrons. The number of nitrogens with one attached hydrogen (secondary N) is 1. The number of piperazine rings is 1. The van der Waals surface area contributed by atoms with Gasteiger partial charge < -0.3 is 19.7 Å². The van der Waals surface area contributed by atoms with Crippen LogP contribution in [0.15, 0.2) is 48.2 Å². The van der Waals surface area contributed by atoms with Crippen LogP contribution in [0.3, 0.4) is 0 Å². The summed E-state index contributed by atoms with van der Waals surface area (Å²) in [5.74, 6) is 1.14. The van der Waals surface area contributed by atoms with E-state index in [1.807, 2.05) is 30.0 Å². The summed E-state index contributed by atoms with van der Waals surface area (Å²) in [5.41, 5.74) is 2.62. The Kier molecular flexibility index (Phi) is 6.31. The van der Waals surface area contributed by atoms with Crippen LogP contribution in [0.2, 0.25) is 5.02 Å². The first-order valence-corrected chi connectivity index (χ1v) is 10.4. The standard InChI is InChI=1S/C23H23ClN4O3/c1-16-19(24)3-2-4-20(16)26-23(29)18(12-25)14-28-9-7-27(8-10-28)13-17-5-6-21-22(11-17)31-15-30-21/h2-6,11,14H,7-10,13,15H2,1H3,(H,26,29)/b18-14-. The Bertz CT molecular complexity index is 1060. The second-order valence-corrected chi connectivity index (χ2v) is 7.93. The molecule has 7 nitrogen and oxygen atoms in total. The molecule has 2 aromatic carbocycles. The van der Waals surface area contributed by atoms with Crippen LogP contribution in [0.4, 0.5) is 5.69 Å². The van der Waals surface area contributed by atoms with Gasteiger partial charge in [0.25, 0.3) is 5.91 Å². The summed E-state index contributed by atoms with van der Waals surface area (Å²) in [7, 11) is 0. The van der Waals surface area contributed by atoms with Gasteiger partial charge in [0.2, 0.25) is 6.79 Å². The maximum Gasteiger partial charge on any atom is 0.267 e. The molecule has 0 aromatic heterocycles. The lowest BCUT2D eigenvalue weighted by Crippen LogP contribution is -2.43. The molecule has 31 heavy (non-hydrogen) atoms. The number of carbonyl (C=O) groups is 1. The van der Waals surface area contributed by atoms with Crippen molar-refractivity contribution in [1.29, 1.82) is 5.26 Å². The molecule has 0 saturated carbocycles. The largest absolute Gasteiger partial charge is 0.454 e. The summed E-state index contributed by atoms with van der Waals surface area (Å²) in [6.45, 7) is 6.05. The molecule has 1 amide bonds. The number of benzene rings is 2. The maximum absolute atomic E-state index is 12.6. The van der Waals surface area contributed by atoms with E-state index in [1.54, 1.807) is 24.4 Å². The molecule has 0 atom stereocenters. The van der Waals surface area contributed by atoms with Crippen LogP contribution in [0.5, 0.6) is 11.5 Å². The highest BCUT2D eigenvalue weighted by molar-refractivity contribution is 6.31. The first-order valence-electron chi connectivity index (χ1n) is 10.1. The number of ether oxygens (including phenoxy) is 2. The minimum atomic E-state index is -0.435. The summed E-state index contributed by atoms with van der Waals surface area (Å²) in [5, 5.41) is 12.8. The van der Waals surface area contributed by atoms with E-state index in [4.69, 9.17) is 21.1 Å². The van der Waals surface area contributed by atoms with Crippen molar-refractivity contribution in [2.75, 3.05) is 38.3 Å². The van der Waals surface area contributed by atoms with E-state index in [9.17, 15) is 10.1 Å². The lowest BCUT2D eigenvalue weighted by molar-refractivity contribution is -0.112. The van der Waals surface area contributed by atoms with Crippen LogP contribution in [-0.4, -0.2) is 48.7 Å². The molecule has 0 radical (unpaired) electrons. The highest BCUT2D eigenvalue weighted by Crippen LogP contribution is 2.33. The third-order valence-corrected chi connectivity index (χ3v) is 5.85. The minimum absolute atomic E-state index is 0.0728. The smallest absolute Gasteiger partial charge is 0.267 e. The fraction of sp³-hybridized carbons (Fsp3) is 0.304. The third-order valence-electron chi connectivity index (χ3n) is 5.44. The Morgan fingerprint density at radius 1 is 1.19 bits per heavy atom. The van der Waals surface area contributed by atoms with E-state index in [2.05, 4.69) is 16.3 Å². The van der Waals surface area contributed by atoms with Crippen molar-refractivity contribution in [2.45, 2.75) is 13.5 Å². The zero-order valence-corrected chi connectivity index (χ0v) is 18.0. The second-order valence-electron chi connectivity index (χ2n) is 7.52. The van der Waals surface area contributed by atoms with Crippen LogP contribution in [0, 0.1) is 18.3 Å². The summed E-state index contributed by atoms with van der Waals surface area (Å²) in [6.07, 6.45) is 1.65. The summed E-state index contributed by atoms with van der Waals surface area (Å²) >= 11 is 6.11. The normalized spacial score (nSPS) is 16.2. The van der Waals surface area contributed by atoms with Crippen molar-refractivity contribution < 1.29 is 14.3 Å². The number of rotatable bonds is 5. The van der Waals surface area contributed by atoms with E-state index in [1.165, 1.54) is 5.56 Å². The number of amides is 1. The highest BCUT2D eigenvalue weighted by atomic mass is 35.5. The van der Waals surface area contributed by atoms with Gasteiger partial charge in [-0.1, -0.05) is 23.7 Å². The summed E-state index contributed by atoms with van der Waals surface area (Å²) in [4.78, 5) is 16.9. The van der Waals surface area contributed by atoms with Crippen LogP contribution >= 0.6 is 11.6 Å².